The van der Waals surface area contributed by atoms with E-state index in [1.54, 1.807) is 0 Å². The third kappa shape index (κ3) is 4.51. The lowest BCUT2D eigenvalue weighted by Gasteiger charge is -2.14. The van der Waals surface area contributed by atoms with Crippen LogP contribution in [0.25, 0.3) is 6.05 Å². The van der Waals surface area contributed by atoms with Crippen LogP contribution in [-0.2, 0) is 0 Å². The van der Waals surface area contributed by atoms with E-state index >= 15 is 0 Å². The zero-order valence-corrected chi connectivity index (χ0v) is 14.6. The summed E-state index contributed by atoms with van der Waals surface area (Å²) in [6.07, 6.45) is -0.527. The van der Waals surface area contributed by atoms with Crippen molar-refractivity contribution in [1.82, 2.24) is 9.97 Å². The molecule has 3 aromatic rings. The molecule has 1 aromatic heterocycles. The Bertz CT molecular complexity index is 1490. The smallest absolute Gasteiger partial charge is 0.229 e. The maximum atomic E-state index is 9.01. The van der Waals surface area contributed by atoms with E-state index in [-0.39, 0.29) is 51.9 Å². The lowest BCUT2D eigenvalue weighted by Crippen LogP contribution is -2.02. The van der Waals surface area contributed by atoms with E-state index in [0.29, 0.717) is 5.56 Å². The summed E-state index contributed by atoms with van der Waals surface area (Å²) in [5, 5.41) is 23.3. The van der Waals surface area contributed by atoms with Crippen molar-refractivity contribution >= 4 is 29.2 Å². The van der Waals surface area contributed by atoms with Crippen molar-refractivity contribution in [2.45, 2.75) is 13.8 Å². The summed E-state index contributed by atoms with van der Waals surface area (Å²) >= 11 is 0. The molecule has 2 aromatic carbocycles. The Morgan fingerprint density at radius 1 is 1.18 bits per heavy atom. The lowest BCUT2D eigenvalue weighted by atomic mass is 10.0. The van der Waals surface area contributed by atoms with Gasteiger partial charge in [0.25, 0.3) is 0 Å². The van der Waals surface area contributed by atoms with E-state index in [0.717, 1.165) is 6.07 Å². The number of nitriles is 2. The van der Waals surface area contributed by atoms with Crippen LogP contribution < -0.4 is 10.6 Å². The molecule has 0 spiro atoms. The molecule has 0 aliphatic carbocycles. The number of benzene rings is 2. The number of aryl methyl sites for hydroxylation is 2. The Balaban J connectivity index is 2.12. The molecule has 6 nitrogen and oxygen atoms in total. The minimum atomic E-state index is -2.69. The maximum Gasteiger partial charge on any atom is 0.229 e. The fourth-order valence-electron chi connectivity index (χ4n) is 2.28. The van der Waals surface area contributed by atoms with Gasteiger partial charge in [-0.1, -0.05) is 0 Å². The van der Waals surface area contributed by atoms with Crippen LogP contribution >= 0.6 is 0 Å². The molecule has 0 aliphatic rings. The first kappa shape index (κ1) is 10.2. The normalized spacial score (nSPS) is 16.0. The highest BCUT2D eigenvalue weighted by Crippen LogP contribution is 2.26. The average Bonchev–Trinajstić information content (AvgIpc) is 2.83. The highest BCUT2D eigenvalue weighted by molar-refractivity contribution is 5.69. The van der Waals surface area contributed by atoms with Crippen LogP contribution in [0.4, 0.5) is 23.1 Å². The Morgan fingerprint density at radius 3 is 2.68 bits per heavy atom. The van der Waals surface area contributed by atoms with Crippen LogP contribution in [0, 0.1) is 36.4 Å². The van der Waals surface area contributed by atoms with Crippen molar-refractivity contribution in [3.8, 4) is 12.1 Å². The number of anilines is 4. The first-order valence-electron chi connectivity index (χ1n) is 12.4. The van der Waals surface area contributed by atoms with Crippen LogP contribution in [-0.4, -0.2) is 9.97 Å². The highest BCUT2D eigenvalue weighted by atomic mass is 15.1. The van der Waals surface area contributed by atoms with Crippen LogP contribution in [0.3, 0.4) is 0 Å². The van der Waals surface area contributed by atoms with Gasteiger partial charge in [-0.05, 0) is 78.9 Å². The van der Waals surface area contributed by atoms with Gasteiger partial charge in [-0.2, -0.15) is 15.5 Å². The number of nitrogens with zero attached hydrogens (tertiary/aromatic N) is 4. The van der Waals surface area contributed by atoms with Crippen LogP contribution in [0.1, 0.15) is 34.6 Å². The quantitative estimate of drug-likeness (QED) is 0.610. The molecule has 0 saturated heterocycles. The molecule has 0 amide bonds. The zero-order valence-electron chi connectivity index (χ0n) is 23.6. The number of hydrogen-bond donors (Lipinski definition) is 2. The molecule has 0 unspecified atom stereocenters. The summed E-state index contributed by atoms with van der Waals surface area (Å²) in [4.78, 5) is 7.98. The van der Waals surface area contributed by atoms with Crippen molar-refractivity contribution < 1.29 is 12.3 Å². The van der Waals surface area contributed by atoms with Crippen molar-refractivity contribution in [2.75, 3.05) is 10.6 Å². The van der Waals surface area contributed by atoms with E-state index in [9.17, 15) is 0 Å². The number of allylic oxidation sites excluding steroid dienone is 1. The second-order valence-corrected chi connectivity index (χ2v) is 5.48. The van der Waals surface area contributed by atoms with E-state index in [4.69, 9.17) is 22.9 Å². The van der Waals surface area contributed by atoms with Crippen molar-refractivity contribution in [3.05, 3.63) is 76.9 Å². The van der Waals surface area contributed by atoms with Gasteiger partial charge in [-0.15, -0.1) is 0 Å². The minimum Gasteiger partial charge on any atom is -0.340 e. The number of nitrogens with one attached hydrogen (secondary N) is 2. The molecule has 136 valence electrons. The number of rotatable bonds is 5. The molecule has 2 N–H and O–H groups in total. The minimum absolute atomic E-state index is 0.0262. The molecular weight excluding hydrogens is 348 g/mol. The molecule has 3 rings (SSSR count). The highest BCUT2D eigenvalue weighted by Gasteiger charge is 2.07. The maximum absolute atomic E-state index is 9.01. The van der Waals surface area contributed by atoms with Crippen LogP contribution in [0.5, 0.6) is 0 Å². The Morgan fingerprint density at radius 2 is 1.96 bits per heavy atom. The van der Waals surface area contributed by atoms with E-state index in [1.165, 1.54) is 31.2 Å². The Kier molecular flexibility index (Phi) is 3.10. The molecule has 0 bridgehead atoms. The standard InChI is InChI=1S/C22H18N6/c1-15-12-18(4-3-10-23)13-16(2)21(15)27-20-9-11-25-22(28-20)26-19-7-5-17(14-24)6-8-19/h3-9,11-13H,1-2H3,(H2,25,26,27,28)/b4-3+/i1D3,3D,4D,7D,8D,9D,11D. The first-order chi connectivity index (χ1) is 17.3. The van der Waals surface area contributed by atoms with Gasteiger partial charge in [0.05, 0.1) is 25.9 Å². The van der Waals surface area contributed by atoms with Gasteiger partial charge in [-0.3, -0.25) is 0 Å². The summed E-state index contributed by atoms with van der Waals surface area (Å²) < 4.78 is 71.8. The predicted octanol–water partition coefficient (Wildman–Crippen LogP) is 4.99. The summed E-state index contributed by atoms with van der Waals surface area (Å²) in [7, 11) is 0. The molecular formula is C22H18N6. The molecule has 28 heavy (non-hydrogen) atoms. The molecule has 6 heteroatoms. The van der Waals surface area contributed by atoms with Crippen LogP contribution in [0.2, 0.25) is 0 Å². The van der Waals surface area contributed by atoms with E-state index < -0.39 is 31.2 Å². The van der Waals surface area contributed by atoms with E-state index in [1.807, 2.05) is 6.07 Å². The van der Waals surface area contributed by atoms with Gasteiger partial charge in [0.2, 0.25) is 5.95 Å². The molecule has 0 fully saturated rings. The van der Waals surface area contributed by atoms with Gasteiger partial charge in [0, 0.05) is 27.7 Å². The van der Waals surface area contributed by atoms with Crippen molar-refractivity contribution in [3.63, 3.8) is 0 Å². The third-order valence-corrected chi connectivity index (χ3v) is 3.51. The van der Waals surface area contributed by atoms with Crippen LogP contribution in [0.15, 0.2) is 54.6 Å². The Labute approximate surface area is 176 Å². The number of hydrogen-bond acceptors (Lipinski definition) is 6. The van der Waals surface area contributed by atoms with Gasteiger partial charge in [0.1, 0.15) is 5.82 Å². The second-order valence-electron chi connectivity index (χ2n) is 5.48. The topological polar surface area (TPSA) is 97.4 Å². The summed E-state index contributed by atoms with van der Waals surface area (Å²) in [6.45, 7) is -1.16. The molecule has 0 radical (unpaired) electrons. The van der Waals surface area contributed by atoms with Gasteiger partial charge < -0.3 is 10.6 Å². The van der Waals surface area contributed by atoms with Crippen molar-refractivity contribution in [2.24, 2.45) is 0 Å². The third-order valence-electron chi connectivity index (χ3n) is 3.51. The van der Waals surface area contributed by atoms with E-state index in [2.05, 4.69) is 20.6 Å². The SMILES string of the molecule is [2H]/C(C#N)=C(/[2H])c1cc(C)c(Nc2nc(Nc3c([2H])cc(C#N)cc3[2H])nc([2H])c2[2H])c(C([2H])([2H])[2H])c1. The fourth-order valence-corrected chi connectivity index (χ4v) is 2.28. The Hall–Kier alpha value is -4.16. The lowest BCUT2D eigenvalue weighted by molar-refractivity contribution is 1.16. The van der Waals surface area contributed by atoms with Gasteiger partial charge in [-0.25, -0.2) is 4.98 Å². The largest absolute Gasteiger partial charge is 0.340 e. The first-order valence-corrected chi connectivity index (χ1v) is 7.90. The average molecular weight is 375 g/mol. The number of aromatic nitrogens is 2. The fraction of sp³-hybridized carbons (Fsp3) is 0.0909. The second kappa shape index (κ2) is 8.48. The van der Waals surface area contributed by atoms with Gasteiger partial charge >= 0.3 is 0 Å². The monoisotopic (exact) mass is 375 g/mol. The molecule has 0 saturated carbocycles. The molecule has 0 aliphatic heterocycles. The summed E-state index contributed by atoms with van der Waals surface area (Å²) in [5.74, 6) is -0.487. The summed E-state index contributed by atoms with van der Waals surface area (Å²) in [6, 6.07) is 6.48. The molecule has 0 atom stereocenters. The van der Waals surface area contributed by atoms with Crippen molar-refractivity contribution in [1.29, 1.82) is 10.5 Å². The molecule has 1 heterocycles. The van der Waals surface area contributed by atoms with Gasteiger partial charge in [0.15, 0.2) is 0 Å². The summed E-state index contributed by atoms with van der Waals surface area (Å²) in [5.41, 5.74) is 0.200. The zero-order chi connectivity index (χ0) is 27.7. The predicted molar refractivity (Wildman–Crippen MR) is 110 cm³/mol.